The highest BCUT2D eigenvalue weighted by atomic mass is 19.1. The molecule has 32 heavy (non-hydrogen) atoms. The number of rotatable bonds is 6. The Morgan fingerprint density at radius 2 is 1.88 bits per heavy atom. The second-order valence-corrected chi connectivity index (χ2v) is 8.20. The minimum atomic E-state index is -0.339. The SMILES string of the molecule is COc1ccc(C2CC(c3cccc(F)c3)=NN2C(=O)CN2CCN(C)CC2)c(OC)c1. The Balaban J connectivity index is 1.64. The molecule has 1 atom stereocenters. The molecule has 0 saturated carbocycles. The summed E-state index contributed by atoms with van der Waals surface area (Å²) in [4.78, 5) is 17.8. The molecular formula is C24H29FN4O3. The van der Waals surface area contributed by atoms with Crippen LogP contribution in [0.25, 0.3) is 0 Å². The zero-order valence-corrected chi connectivity index (χ0v) is 18.8. The van der Waals surface area contributed by atoms with Crippen molar-refractivity contribution in [2.75, 3.05) is 54.0 Å². The molecule has 2 aromatic rings. The van der Waals surface area contributed by atoms with Gasteiger partial charge < -0.3 is 14.4 Å². The molecule has 0 N–H and O–H groups in total. The van der Waals surface area contributed by atoms with Crippen molar-refractivity contribution in [3.8, 4) is 11.5 Å². The van der Waals surface area contributed by atoms with Crippen LogP contribution in [0.4, 0.5) is 4.39 Å². The quantitative estimate of drug-likeness (QED) is 0.692. The third-order valence-electron chi connectivity index (χ3n) is 6.08. The van der Waals surface area contributed by atoms with Crippen LogP contribution in [-0.4, -0.2) is 80.4 Å². The second-order valence-electron chi connectivity index (χ2n) is 8.20. The molecule has 0 bridgehead atoms. The van der Waals surface area contributed by atoms with E-state index in [0.717, 1.165) is 31.7 Å². The van der Waals surface area contributed by atoms with Crippen LogP contribution in [0.2, 0.25) is 0 Å². The lowest BCUT2D eigenvalue weighted by atomic mass is 9.97. The summed E-state index contributed by atoms with van der Waals surface area (Å²) in [6.07, 6.45) is 0.473. The number of ether oxygens (including phenoxy) is 2. The first-order chi connectivity index (χ1) is 15.5. The number of methoxy groups -OCH3 is 2. The first-order valence-electron chi connectivity index (χ1n) is 10.8. The smallest absolute Gasteiger partial charge is 0.257 e. The lowest BCUT2D eigenvalue weighted by molar-refractivity contribution is -0.134. The molecule has 2 aromatic carbocycles. The molecule has 0 aliphatic carbocycles. The zero-order valence-electron chi connectivity index (χ0n) is 18.8. The van der Waals surface area contributed by atoms with E-state index in [1.165, 1.54) is 12.1 Å². The number of hydrazone groups is 1. The number of likely N-dealkylation sites (N-methyl/N-ethyl adjacent to an activating group) is 1. The largest absolute Gasteiger partial charge is 0.497 e. The number of carbonyl (C=O) groups is 1. The summed E-state index contributed by atoms with van der Waals surface area (Å²) in [5.41, 5.74) is 2.20. The van der Waals surface area contributed by atoms with E-state index < -0.39 is 0 Å². The van der Waals surface area contributed by atoms with Crippen molar-refractivity contribution in [1.29, 1.82) is 0 Å². The predicted octanol–water partition coefficient (Wildman–Crippen LogP) is 2.77. The summed E-state index contributed by atoms with van der Waals surface area (Å²) in [6, 6.07) is 11.6. The first-order valence-corrected chi connectivity index (χ1v) is 10.8. The average molecular weight is 441 g/mol. The highest BCUT2D eigenvalue weighted by Gasteiger charge is 2.35. The molecule has 2 heterocycles. The van der Waals surface area contributed by atoms with E-state index in [0.29, 0.717) is 35.7 Å². The first kappa shape index (κ1) is 22.2. The van der Waals surface area contributed by atoms with Crippen LogP contribution in [0, 0.1) is 5.82 Å². The van der Waals surface area contributed by atoms with Gasteiger partial charge in [0.25, 0.3) is 5.91 Å². The second kappa shape index (κ2) is 9.67. The van der Waals surface area contributed by atoms with E-state index in [1.54, 1.807) is 31.4 Å². The van der Waals surface area contributed by atoms with Crippen LogP contribution in [0.3, 0.4) is 0 Å². The number of carbonyl (C=O) groups excluding carboxylic acids is 1. The normalized spacial score (nSPS) is 19.7. The van der Waals surface area contributed by atoms with E-state index in [-0.39, 0.29) is 17.8 Å². The summed E-state index contributed by atoms with van der Waals surface area (Å²) < 4.78 is 24.8. The minimum Gasteiger partial charge on any atom is -0.497 e. The molecule has 0 radical (unpaired) electrons. The summed E-state index contributed by atoms with van der Waals surface area (Å²) in [5, 5.41) is 6.21. The molecule has 1 unspecified atom stereocenters. The molecule has 8 heteroatoms. The Bertz CT molecular complexity index is 1000. The van der Waals surface area contributed by atoms with Crippen LogP contribution in [0.15, 0.2) is 47.6 Å². The van der Waals surface area contributed by atoms with Gasteiger partial charge in [0, 0.05) is 49.8 Å². The highest BCUT2D eigenvalue weighted by Crippen LogP contribution is 2.39. The topological polar surface area (TPSA) is 57.6 Å². The van der Waals surface area contributed by atoms with Crippen molar-refractivity contribution >= 4 is 11.6 Å². The number of amides is 1. The molecule has 1 fully saturated rings. The van der Waals surface area contributed by atoms with E-state index in [4.69, 9.17) is 9.47 Å². The van der Waals surface area contributed by atoms with Gasteiger partial charge in [-0.3, -0.25) is 9.69 Å². The fourth-order valence-electron chi connectivity index (χ4n) is 4.19. The maximum Gasteiger partial charge on any atom is 0.257 e. The molecular weight excluding hydrogens is 411 g/mol. The Morgan fingerprint density at radius 1 is 1.09 bits per heavy atom. The summed E-state index contributed by atoms with van der Waals surface area (Å²) in [6.45, 7) is 3.84. The molecule has 1 amide bonds. The van der Waals surface area contributed by atoms with Crippen molar-refractivity contribution in [3.63, 3.8) is 0 Å². The van der Waals surface area contributed by atoms with Gasteiger partial charge in [-0.2, -0.15) is 5.10 Å². The lowest BCUT2D eigenvalue weighted by Gasteiger charge is -2.33. The van der Waals surface area contributed by atoms with Crippen LogP contribution in [0.5, 0.6) is 11.5 Å². The highest BCUT2D eigenvalue weighted by molar-refractivity contribution is 6.03. The lowest BCUT2D eigenvalue weighted by Crippen LogP contribution is -2.48. The van der Waals surface area contributed by atoms with Gasteiger partial charge >= 0.3 is 0 Å². The number of benzene rings is 2. The number of hydrogen-bond acceptors (Lipinski definition) is 6. The molecule has 0 spiro atoms. The van der Waals surface area contributed by atoms with Gasteiger partial charge in [-0.25, -0.2) is 9.40 Å². The maximum atomic E-state index is 13.9. The van der Waals surface area contributed by atoms with Gasteiger partial charge in [0.05, 0.1) is 32.5 Å². The molecule has 4 rings (SSSR count). The van der Waals surface area contributed by atoms with E-state index in [1.807, 2.05) is 18.2 Å². The van der Waals surface area contributed by atoms with Gasteiger partial charge in [0.2, 0.25) is 0 Å². The monoisotopic (exact) mass is 440 g/mol. The number of piperazine rings is 1. The van der Waals surface area contributed by atoms with Crippen molar-refractivity contribution in [3.05, 3.63) is 59.4 Å². The van der Waals surface area contributed by atoms with Gasteiger partial charge in [-0.15, -0.1) is 0 Å². The molecule has 1 saturated heterocycles. The number of nitrogens with zero attached hydrogens (tertiary/aromatic N) is 4. The van der Waals surface area contributed by atoms with Gasteiger partial charge in [-0.1, -0.05) is 12.1 Å². The Kier molecular flexibility index (Phi) is 6.72. The fourth-order valence-corrected chi connectivity index (χ4v) is 4.19. The molecule has 2 aliphatic heterocycles. The van der Waals surface area contributed by atoms with Crippen LogP contribution >= 0.6 is 0 Å². The van der Waals surface area contributed by atoms with E-state index in [9.17, 15) is 9.18 Å². The third kappa shape index (κ3) is 4.76. The van der Waals surface area contributed by atoms with Gasteiger partial charge in [0.15, 0.2) is 0 Å². The Hall–Kier alpha value is -2.97. The van der Waals surface area contributed by atoms with Crippen molar-refractivity contribution in [2.45, 2.75) is 12.5 Å². The van der Waals surface area contributed by atoms with Crippen LogP contribution in [-0.2, 0) is 4.79 Å². The summed E-state index contributed by atoms with van der Waals surface area (Å²) in [5.74, 6) is 0.891. The molecule has 170 valence electrons. The van der Waals surface area contributed by atoms with Gasteiger partial charge in [0.1, 0.15) is 17.3 Å². The maximum absolute atomic E-state index is 13.9. The average Bonchev–Trinajstić information content (AvgIpc) is 3.25. The number of halogens is 1. The van der Waals surface area contributed by atoms with Crippen LogP contribution in [0.1, 0.15) is 23.6 Å². The van der Waals surface area contributed by atoms with Crippen molar-refractivity contribution in [2.24, 2.45) is 5.10 Å². The molecule has 7 nitrogen and oxygen atoms in total. The molecule has 2 aliphatic rings. The Morgan fingerprint density at radius 3 is 2.56 bits per heavy atom. The number of hydrogen-bond donors (Lipinski definition) is 0. The van der Waals surface area contributed by atoms with E-state index >= 15 is 0 Å². The molecule has 0 aromatic heterocycles. The fraction of sp³-hybridized carbons (Fsp3) is 0.417. The summed E-state index contributed by atoms with van der Waals surface area (Å²) in [7, 11) is 5.28. The van der Waals surface area contributed by atoms with E-state index in [2.05, 4.69) is 21.9 Å². The van der Waals surface area contributed by atoms with Crippen molar-refractivity contribution in [1.82, 2.24) is 14.8 Å². The Labute approximate surface area is 188 Å². The van der Waals surface area contributed by atoms with Gasteiger partial charge in [-0.05, 0) is 31.3 Å². The summed E-state index contributed by atoms with van der Waals surface area (Å²) >= 11 is 0. The standard InChI is InChI=1S/C24H29FN4O3/c1-27-9-11-28(12-10-27)16-24(30)29-22(20-8-7-19(31-2)14-23(20)32-3)15-21(26-29)17-5-4-6-18(25)13-17/h4-8,13-14,22H,9-12,15-16H2,1-3H3. The minimum absolute atomic E-state index is 0.0798. The van der Waals surface area contributed by atoms with Crippen molar-refractivity contribution < 1.29 is 18.7 Å². The zero-order chi connectivity index (χ0) is 22.7. The third-order valence-corrected chi connectivity index (χ3v) is 6.08. The van der Waals surface area contributed by atoms with Crippen LogP contribution < -0.4 is 9.47 Å². The predicted molar refractivity (Wildman–Crippen MR) is 121 cm³/mol.